The molecule has 1 aromatic heterocycles. The first-order valence-electron chi connectivity index (χ1n) is 6.38. The Kier molecular flexibility index (Phi) is 3.55. The topological polar surface area (TPSA) is 54.2 Å². The lowest BCUT2D eigenvalue weighted by atomic mass is 10.3. The van der Waals surface area contributed by atoms with Gasteiger partial charge in [0.25, 0.3) is 5.95 Å². The Labute approximate surface area is 116 Å². The average Bonchev–Trinajstić information content (AvgIpc) is 3.07. The van der Waals surface area contributed by atoms with Crippen molar-refractivity contribution in [1.82, 2.24) is 10.1 Å². The first kappa shape index (κ1) is 12.3. The minimum absolute atomic E-state index is 0.501. The maximum atomic E-state index is 5.92. The molecule has 0 spiro atoms. The lowest BCUT2D eigenvalue weighted by molar-refractivity contribution is 0.383. The highest BCUT2D eigenvalue weighted by Gasteiger charge is 2.17. The molecule has 0 aliphatic carbocycles. The molecule has 1 aliphatic rings. The molecule has 1 aromatic carbocycles. The van der Waals surface area contributed by atoms with Crippen LogP contribution in [0, 0.1) is 0 Å². The molecule has 2 heterocycles. The molecule has 3 rings (SSSR count). The summed E-state index contributed by atoms with van der Waals surface area (Å²) in [5, 5.41) is 7.91. The zero-order valence-corrected chi connectivity index (χ0v) is 11.2. The Morgan fingerprint density at radius 3 is 2.95 bits per heavy atom. The molecule has 0 atom stereocenters. The van der Waals surface area contributed by atoms with Gasteiger partial charge < -0.3 is 14.7 Å². The summed E-state index contributed by atoms with van der Waals surface area (Å²) in [5.74, 6) is 1.28. The maximum Gasteiger partial charge on any atom is 0.266 e. The SMILES string of the molecule is Clc1cccc(NCc2nc(N3CCCC3)no2)c1. The van der Waals surface area contributed by atoms with Crippen LogP contribution < -0.4 is 10.2 Å². The Morgan fingerprint density at radius 2 is 2.16 bits per heavy atom. The molecule has 5 nitrogen and oxygen atoms in total. The molecule has 0 amide bonds. The van der Waals surface area contributed by atoms with Crippen LogP contribution in [0.2, 0.25) is 5.02 Å². The van der Waals surface area contributed by atoms with Crippen molar-refractivity contribution in [1.29, 1.82) is 0 Å². The van der Waals surface area contributed by atoms with Crippen molar-refractivity contribution in [3.8, 4) is 0 Å². The highest BCUT2D eigenvalue weighted by atomic mass is 35.5. The smallest absolute Gasteiger partial charge is 0.266 e. The fraction of sp³-hybridized carbons (Fsp3) is 0.385. The van der Waals surface area contributed by atoms with Gasteiger partial charge in [0.05, 0.1) is 6.54 Å². The van der Waals surface area contributed by atoms with Gasteiger partial charge in [-0.3, -0.25) is 0 Å². The highest BCUT2D eigenvalue weighted by Crippen LogP contribution is 2.18. The second kappa shape index (κ2) is 5.48. The number of hydrogen-bond acceptors (Lipinski definition) is 5. The molecule has 0 unspecified atom stereocenters. The van der Waals surface area contributed by atoms with E-state index in [9.17, 15) is 0 Å². The molecular formula is C13H15ClN4O. The van der Waals surface area contributed by atoms with E-state index < -0.39 is 0 Å². The molecule has 2 aromatic rings. The van der Waals surface area contributed by atoms with E-state index in [1.807, 2.05) is 24.3 Å². The molecule has 100 valence electrons. The van der Waals surface area contributed by atoms with Crippen molar-refractivity contribution in [2.24, 2.45) is 0 Å². The molecule has 1 N–H and O–H groups in total. The van der Waals surface area contributed by atoms with Gasteiger partial charge in [-0.2, -0.15) is 4.98 Å². The van der Waals surface area contributed by atoms with Crippen LogP contribution >= 0.6 is 11.6 Å². The van der Waals surface area contributed by atoms with Crippen molar-refractivity contribution in [3.05, 3.63) is 35.2 Å². The average molecular weight is 279 g/mol. The zero-order chi connectivity index (χ0) is 13.1. The van der Waals surface area contributed by atoms with Crippen LogP contribution in [0.15, 0.2) is 28.8 Å². The predicted molar refractivity (Wildman–Crippen MR) is 74.5 cm³/mol. The Morgan fingerprint density at radius 1 is 1.32 bits per heavy atom. The zero-order valence-electron chi connectivity index (χ0n) is 10.5. The summed E-state index contributed by atoms with van der Waals surface area (Å²) in [6.07, 6.45) is 2.40. The number of benzene rings is 1. The number of nitrogens with zero attached hydrogens (tertiary/aromatic N) is 3. The third-order valence-electron chi connectivity index (χ3n) is 3.11. The van der Waals surface area contributed by atoms with Gasteiger partial charge in [0, 0.05) is 23.8 Å². The van der Waals surface area contributed by atoms with Crippen LogP contribution in [-0.2, 0) is 6.54 Å². The minimum atomic E-state index is 0.501. The van der Waals surface area contributed by atoms with Crippen molar-refractivity contribution < 1.29 is 4.52 Å². The van der Waals surface area contributed by atoms with Gasteiger partial charge in [0.1, 0.15) is 0 Å². The summed E-state index contributed by atoms with van der Waals surface area (Å²) in [6.45, 7) is 2.53. The van der Waals surface area contributed by atoms with E-state index in [1.54, 1.807) is 0 Å². The summed E-state index contributed by atoms with van der Waals surface area (Å²) < 4.78 is 5.23. The van der Waals surface area contributed by atoms with Crippen LogP contribution in [0.25, 0.3) is 0 Å². The van der Waals surface area contributed by atoms with E-state index in [0.29, 0.717) is 23.4 Å². The molecule has 1 aliphatic heterocycles. The highest BCUT2D eigenvalue weighted by molar-refractivity contribution is 6.30. The minimum Gasteiger partial charge on any atom is -0.376 e. The number of anilines is 2. The normalized spacial score (nSPS) is 14.9. The largest absolute Gasteiger partial charge is 0.376 e. The quantitative estimate of drug-likeness (QED) is 0.932. The number of halogens is 1. The number of hydrogen-bond donors (Lipinski definition) is 1. The van der Waals surface area contributed by atoms with E-state index >= 15 is 0 Å². The summed E-state index contributed by atoms with van der Waals surface area (Å²) in [5.41, 5.74) is 0.938. The van der Waals surface area contributed by atoms with Gasteiger partial charge in [-0.15, -0.1) is 0 Å². The first-order chi connectivity index (χ1) is 9.31. The fourth-order valence-corrected chi connectivity index (χ4v) is 2.33. The van der Waals surface area contributed by atoms with E-state index in [1.165, 1.54) is 12.8 Å². The van der Waals surface area contributed by atoms with Gasteiger partial charge in [0.2, 0.25) is 5.89 Å². The molecule has 0 bridgehead atoms. The first-order valence-corrected chi connectivity index (χ1v) is 6.76. The van der Waals surface area contributed by atoms with E-state index in [0.717, 1.165) is 18.8 Å². The predicted octanol–water partition coefficient (Wildman–Crippen LogP) is 2.94. The summed E-state index contributed by atoms with van der Waals surface area (Å²) in [7, 11) is 0. The molecule has 1 saturated heterocycles. The van der Waals surface area contributed by atoms with Crippen LogP contribution in [0.3, 0.4) is 0 Å². The van der Waals surface area contributed by atoms with Crippen LogP contribution in [0.5, 0.6) is 0 Å². The molecule has 1 fully saturated rings. The van der Waals surface area contributed by atoms with Crippen molar-refractivity contribution in [3.63, 3.8) is 0 Å². The van der Waals surface area contributed by atoms with Gasteiger partial charge in [0.15, 0.2) is 0 Å². The fourth-order valence-electron chi connectivity index (χ4n) is 2.14. The lowest BCUT2D eigenvalue weighted by Gasteiger charge is -2.09. The van der Waals surface area contributed by atoms with Crippen LogP contribution in [0.4, 0.5) is 11.6 Å². The summed E-state index contributed by atoms with van der Waals surface area (Å²) in [4.78, 5) is 6.53. The van der Waals surface area contributed by atoms with Crippen molar-refractivity contribution >= 4 is 23.2 Å². The monoisotopic (exact) mass is 278 g/mol. The van der Waals surface area contributed by atoms with Crippen molar-refractivity contribution in [2.75, 3.05) is 23.3 Å². The second-order valence-electron chi connectivity index (χ2n) is 4.55. The van der Waals surface area contributed by atoms with Gasteiger partial charge in [-0.25, -0.2) is 0 Å². The van der Waals surface area contributed by atoms with Crippen LogP contribution in [-0.4, -0.2) is 23.2 Å². The number of rotatable bonds is 4. The third-order valence-corrected chi connectivity index (χ3v) is 3.35. The van der Waals surface area contributed by atoms with Gasteiger partial charge in [-0.1, -0.05) is 17.7 Å². The third kappa shape index (κ3) is 2.98. The Hall–Kier alpha value is -1.75. The molecule has 19 heavy (non-hydrogen) atoms. The second-order valence-corrected chi connectivity index (χ2v) is 4.98. The van der Waals surface area contributed by atoms with E-state index in [4.69, 9.17) is 16.1 Å². The van der Waals surface area contributed by atoms with Gasteiger partial charge in [-0.05, 0) is 36.2 Å². The molecule has 6 heteroatoms. The Balaban J connectivity index is 1.61. The van der Waals surface area contributed by atoms with Gasteiger partial charge >= 0.3 is 0 Å². The standard InChI is InChI=1S/C13H15ClN4O/c14-10-4-3-5-11(8-10)15-9-12-16-13(17-19-12)18-6-1-2-7-18/h3-5,8,15H,1-2,6-7,9H2. The Bertz CT molecular complexity index is 551. The maximum absolute atomic E-state index is 5.92. The number of aromatic nitrogens is 2. The molecule has 0 radical (unpaired) electrons. The van der Waals surface area contributed by atoms with Crippen LogP contribution in [0.1, 0.15) is 18.7 Å². The molecule has 0 saturated carbocycles. The lowest BCUT2D eigenvalue weighted by Crippen LogP contribution is -2.18. The van der Waals surface area contributed by atoms with Crippen molar-refractivity contribution in [2.45, 2.75) is 19.4 Å². The number of nitrogens with one attached hydrogen (secondary N) is 1. The van der Waals surface area contributed by atoms with E-state index in [2.05, 4.69) is 20.4 Å². The summed E-state index contributed by atoms with van der Waals surface area (Å²) >= 11 is 5.92. The molecular weight excluding hydrogens is 264 g/mol. The van der Waals surface area contributed by atoms with E-state index in [-0.39, 0.29) is 0 Å². The summed E-state index contributed by atoms with van der Waals surface area (Å²) in [6, 6.07) is 7.54.